The summed E-state index contributed by atoms with van der Waals surface area (Å²) in [5.74, 6) is 1.30. The minimum atomic E-state index is -0.703. The van der Waals surface area contributed by atoms with Gasteiger partial charge in [-0.1, -0.05) is 12.1 Å². The molecule has 1 heterocycles. The summed E-state index contributed by atoms with van der Waals surface area (Å²) >= 11 is 0. The maximum atomic E-state index is 11.3. The Morgan fingerprint density at radius 2 is 2.10 bits per heavy atom. The van der Waals surface area contributed by atoms with E-state index in [1.807, 2.05) is 6.07 Å². The van der Waals surface area contributed by atoms with Gasteiger partial charge in [-0.15, -0.1) is 0 Å². The largest absolute Gasteiger partial charge is 0.508 e. The highest BCUT2D eigenvalue weighted by Gasteiger charge is 2.17. The van der Waals surface area contributed by atoms with Gasteiger partial charge in [0.15, 0.2) is 0 Å². The Morgan fingerprint density at radius 3 is 2.75 bits per heavy atom. The number of nitrogens with zero attached hydrogens (tertiary/aromatic N) is 1. The minimum absolute atomic E-state index is 0.202. The Balaban J connectivity index is 2.04. The smallest absolute Gasteiger partial charge is 0.309 e. The average Bonchev–Trinajstić information content (AvgIpc) is 2.45. The number of phenolic OH excluding ortho intramolecular Hbond substituents is 1. The summed E-state index contributed by atoms with van der Waals surface area (Å²) in [6.07, 6.45) is 0.202. The number of benzene rings is 1. The molecule has 110 valence electrons. The molecule has 1 aliphatic heterocycles. The number of esters is 1. The Labute approximate surface area is 121 Å². The van der Waals surface area contributed by atoms with Crippen LogP contribution in [0.15, 0.2) is 18.2 Å². The fourth-order valence-corrected chi connectivity index (χ4v) is 3.32. The first-order valence-corrected chi connectivity index (χ1v) is 8.02. The molecular formula is C14H19NO4S. The number of hydrogen-bond acceptors (Lipinski definition) is 5. The van der Waals surface area contributed by atoms with Crippen LogP contribution in [0.2, 0.25) is 0 Å². The van der Waals surface area contributed by atoms with Crippen molar-refractivity contribution in [2.75, 3.05) is 31.7 Å². The molecule has 1 saturated heterocycles. The third kappa shape index (κ3) is 4.05. The molecule has 0 saturated carbocycles. The van der Waals surface area contributed by atoms with Crippen molar-refractivity contribution in [1.82, 2.24) is 4.90 Å². The molecule has 0 atom stereocenters. The molecule has 0 radical (unpaired) electrons. The van der Waals surface area contributed by atoms with E-state index in [1.165, 1.54) is 7.11 Å². The van der Waals surface area contributed by atoms with Gasteiger partial charge in [-0.2, -0.15) is 0 Å². The molecule has 1 aromatic rings. The summed E-state index contributed by atoms with van der Waals surface area (Å²) in [4.78, 5) is 13.4. The summed E-state index contributed by atoms with van der Waals surface area (Å²) in [7, 11) is 0.656. The van der Waals surface area contributed by atoms with E-state index in [2.05, 4.69) is 9.64 Å². The molecule has 0 amide bonds. The summed E-state index contributed by atoms with van der Waals surface area (Å²) in [5, 5.41) is 9.91. The lowest BCUT2D eigenvalue weighted by molar-refractivity contribution is -0.139. The maximum absolute atomic E-state index is 11.3. The first kappa shape index (κ1) is 15.0. The summed E-state index contributed by atoms with van der Waals surface area (Å²) in [6.45, 7) is 2.15. The Kier molecular flexibility index (Phi) is 5.14. The maximum Gasteiger partial charge on any atom is 0.309 e. The van der Waals surface area contributed by atoms with Crippen LogP contribution in [-0.4, -0.2) is 51.9 Å². The van der Waals surface area contributed by atoms with Crippen molar-refractivity contribution in [3.05, 3.63) is 29.3 Å². The van der Waals surface area contributed by atoms with E-state index in [1.54, 1.807) is 12.1 Å². The van der Waals surface area contributed by atoms with Crippen molar-refractivity contribution in [1.29, 1.82) is 0 Å². The normalized spacial score (nSPS) is 17.1. The first-order chi connectivity index (χ1) is 9.58. The third-order valence-electron chi connectivity index (χ3n) is 3.38. The molecule has 5 nitrogen and oxygen atoms in total. The van der Waals surface area contributed by atoms with Crippen LogP contribution >= 0.6 is 0 Å². The van der Waals surface area contributed by atoms with Gasteiger partial charge < -0.3 is 9.84 Å². The van der Waals surface area contributed by atoms with Crippen molar-refractivity contribution in [2.24, 2.45) is 0 Å². The molecule has 0 bridgehead atoms. The second-order valence-corrected chi connectivity index (χ2v) is 6.54. The van der Waals surface area contributed by atoms with Crippen LogP contribution < -0.4 is 0 Å². The lowest BCUT2D eigenvalue weighted by Gasteiger charge is -2.26. The summed E-state index contributed by atoms with van der Waals surface area (Å²) < 4.78 is 16.0. The Hall–Kier alpha value is -1.40. The van der Waals surface area contributed by atoms with Crippen molar-refractivity contribution < 1.29 is 18.8 Å². The zero-order valence-electron chi connectivity index (χ0n) is 11.5. The molecule has 0 spiro atoms. The second-order valence-electron chi connectivity index (χ2n) is 4.84. The van der Waals surface area contributed by atoms with Crippen LogP contribution in [0.25, 0.3) is 0 Å². The van der Waals surface area contributed by atoms with Crippen molar-refractivity contribution in [3.8, 4) is 5.75 Å². The number of ether oxygens (including phenoxy) is 1. The van der Waals surface area contributed by atoms with E-state index in [-0.39, 0.29) is 18.1 Å². The van der Waals surface area contributed by atoms with Crippen molar-refractivity contribution in [3.63, 3.8) is 0 Å². The molecule has 0 aromatic heterocycles. The SMILES string of the molecule is COC(=O)Cc1ccc(O)c(CN2CCS(=O)CC2)c1. The fraction of sp³-hybridized carbons (Fsp3) is 0.500. The molecule has 6 heteroatoms. The Morgan fingerprint density at radius 1 is 1.40 bits per heavy atom. The topological polar surface area (TPSA) is 66.8 Å². The van der Waals surface area contributed by atoms with Crippen LogP contribution in [-0.2, 0) is 33.3 Å². The Bertz CT molecular complexity index is 508. The highest BCUT2D eigenvalue weighted by atomic mass is 32.2. The van der Waals surface area contributed by atoms with Crippen LogP contribution in [0.4, 0.5) is 0 Å². The van der Waals surface area contributed by atoms with Gasteiger partial charge in [-0.05, 0) is 11.6 Å². The molecular weight excluding hydrogens is 278 g/mol. The van der Waals surface area contributed by atoms with Crippen molar-refractivity contribution in [2.45, 2.75) is 13.0 Å². The third-order valence-corrected chi connectivity index (χ3v) is 4.66. The summed E-state index contributed by atoms with van der Waals surface area (Å²) in [5.41, 5.74) is 1.62. The van der Waals surface area contributed by atoms with E-state index in [0.717, 1.165) is 24.2 Å². The zero-order chi connectivity index (χ0) is 14.5. The van der Waals surface area contributed by atoms with Gasteiger partial charge in [0.1, 0.15) is 5.75 Å². The molecule has 20 heavy (non-hydrogen) atoms. The number of methoxy groups -OCH3 is 1. The minimum Gasteiger partial charge on any atom is -0.508 e. The van der Waals surface area contributed by atoms with Gasteiger partial charge in [0.25, 0.3) is 0 Å². The van der Waals surface area contributed by atoms with E-state index in [0.29, 0.717) is 18.1 Å². The van der Waals surface area contributed by atoms with Gasteiger partial charge in [-0.3, -0.25) is 13.9 Å². The van der Waals surface area contributed by atoms with E-state index in [4.69, 9.17) is 0 Å². The van der Waals surface area contributed by atoms with Gasteiger partial charge in [0.05, 0.1) is 13.5 Å². The predicted molar refractivity (Wildman–Crippen MR) is 77.0 cm³/mol. The van der Waals surface area contributed by atoms with E-state index >= 15 is 0 Å². The van der Waals surface area contributed by atoms with E-state index < -0.39 is 10.8 Å². The fourth-order valence-electron chi connectivity index (χ4n) is 2.19. The molecule has 1 fully saturated rings. The van der Waals surface area contributed by atoms with Crippen molar-refractivity contribution >= 4 is 16.8 Å². The molecule has 2 rings (SSSR count). The van der Waals surface area contributed by atoms with Gasteiger partial charge in [0.2, 0.25) is 0 Å². The van der Waals surface area contributed by atoms with Crippen LogP contribution in [0, 0.1) is 0 Å². The molecule has 1 aromatic carbocycles. The van der Waals surface area contributed by atoms with Crippen LogP contribution in [0.3, 0.4) is 0 Å². The number of phenols is 1. The highest BCUT2D eigenvalue weighted by molar-refractivity contribution is 7.85. The number of carbonyl (C=O) groups is 1. The zero-order valence-corrected chi connectivity index (χ0v) is 12.3. The molecule has 0 unspecified atom stereocenters. The standard InChI is InChI=1S/C14H19NO4S/c1-19-14(17)9-11-2-3-13(16)12(8-11)10-15-4-6-20(18)7-5-15/h2-3,8,16H,4-7,9-10H2,1H3. The molecule has 1 N–H and O–H groups in total. The lowest BCUT2D eigenvalue weighted by Crippen LogP contribution is -2.37. The second kappa shape index (κ2) is 6.85. The highest BCUT2D eigenvalue weighted by Crippen LogP contribution is 2.21. The van der Waals surface area contributed by atoms with Crippen LogP contribution in [0.5, 0.6) is 5.75 Å². The van der Waals surface area contributed by atoms with Gasteiger partial charge >= 0.3 is 5.97 Å². The van der Waals surface area contributed by atoms with E-state index in [9.17, 15) is 14.1 Å². The van der Waals surface area contributed by atoms with Crippen LogP contribution in [0.1, 0.15) is 11.1 Å². The summed E-state index contributed by atoms with van der Waals surface area (Å²) in [6, 6.07) is 5.16. The predicted octanol–water partition coefficient (Wildman–Crippen LogP) is 0.672. The van der Waals surface area contributed by atoms with Gasteiger partial charge in [0, 0.05) is 47.5 Å². The van der Waals surface area contributed by atoms with Gasteiger partial charge in [-0.25, -0.2) is 0 Å². The monoisotopic (exact) mass is 297 g/mol. The number of rotatable bonds is 4. The first-order valence-electron chi connectivity index (χ1n) is 6.53. The number of carbonyl (C=O) groups excluding carboxylic acids is 1. The number of hydrogen-bond donors (Lipinski definition) is 1. The molecule has 0 aliphatic carbocycles. The average molecular weight is 297 g/mol. The molecule has 1 aliphatic rings. The number of aromatic hydroxyl groups is 1. The lowest BCUT2D eigenvalue weighted by atomic mass is 10.1. The quantitative estimate of drug-likeness (QED) is 0.828.